The molecule has 0 spiro atoms. The second-order valence-corrected chi connectivity index (χ2v) is 8.77. The molecule has 0 atom stereocenters. The van der Waals surface area contributed by atoms with Gasteiger partial charge in [-0.3, -0.25) is 9.10 Å². The third kappa shape index (κ3) is 6.27. The summed E-state index contributed by atoms with van der Waals surface area (Å²) in [5, 5.41) is 2.81. The molecule has 0 aliphatic heterocycles. The summed E-state index contributed by atoms with van der Waals surface area (Å²) in [6.07, 6.45) is 2.70. The monoisotopic (exact) mass is 404 g/mol. The van der Waals surface area contributed by atoms with Gasteiger partial charge in [0.25, 0.3) is 0 Å². The molecule has 0 radical (unpaired) electrons. The van der Waals surface area contributed by atoms with E-state index < -0.39 is 10.0 Å². The third-order valence-electron chi connectivity index (χ3n) is 4.44. The first kappa shape index (κ1) is 21.8. The Kier molecular flexibility index (Phi) is 7.45. The number of ether oxygens (including phenoxy) is 1. The van der Waals surface area contributed by atoms with Gasteiger partial charge in [0.15, 0.2) is 0 Å². The van der Waals surface area contributed by atoms with E-state index in [1.807, 2.05) is 50.2 Å². The number of methoxy groups -OCH3 is 1. The average Bonchev–Trinajstić information content (AvgIpc) is 2.65. The minimum Gasteiger partial charge on any atom is -0.497 e. The van der Waals surface area contributed by atoms with Crippen molar-refractivity contribution in [3.05, 3.63) is 59.2 Å². The van der Waals surface area contributed by atoms with Gasteiger partial charge in [0, 0.05) is 6.54 Å². The van der Waals surface area contributed by atoms with E-state index in [-0.39, 0.29) is 12.5 Å². The fraction of sp³-hybridized carbons (Fsp3) is 0.381. The van der Waals surface area contributed by atoms with E-state index in [9.17, 15) is 13.2 Å². The fourth-order valence-electron chi connectivity index (χ4n) is 2.87. The molecule has 2 aromatic carbocycles. The van der Waals surface area contributed by atoms with Crippen LogP contribution in [0.15, 0.2) is 42.5 Å². The highest BCUT2D eigenvalue weighted by Gasteiger charge is 2.22. The van der Waals surface area contributed by atoms with Gasteiger partial charge in [-0.1, -0.05) is 24.3 Å². The lowest BCUT2D eigenvalue weighted by molar-refractivity contribution is -0.119. The van der Waals surface area contributed by atoms with E-state index in [0.29, 0.717) is 12.2 Å². The van der Waals surface area contributed by atoms with E-state index in [1.165, 1.54) is 0 Å². The van der Waals surface area contributed by atoms with Crippen molar-refractivity contribution in [1.82, 2.24) is 5.32 Å². The zero-order valence-electron chi connectivity index (χ0n) is 16.9. The number of nitrogens with zero attached hydrogens (tertiary/aromatic N) is 1. The van der Waals surface area contributed by atoms with Crippen molar-refractivity contribution in [2.24, 2.45) is 0 Å². The Labute approximate surface area is 167 Å². The molecule has 1 amide bonds. The summed E-state index contributed by atoms with van der Waals surface area (Å²) >= 11 is 0. The first-order valence-electron chi connectivity index (χ1n) is 9.15. The normalized spacial score (nSPS) is 11.1. The van der Waals surface area contributed by atoms with E-state index >= 15 is 0 Å². The van der Waals surface area contributed by atoms with Crippen LogP contribution in [0, 0.1) is 13.8 Å². The number of hydrogen-bond acceptors (Lipinski definition) is 4. The number of carbonyl (C=O) groups is 1. The molecular formula is C21H28N2O4S. The van der Waals surface area contributed by atoms with Crippen molar-refractivity contribution in [2.45, 2.75) is 26.7 Å². The van der Waals surface area contributed by atoms with E-state index in [0.717, 1.165) is 45.8 Å². The Bertz CT molecular complexity index is 909. The standard InChI is InChI=1S/C21H28N2O4S/c1-16-7-8-17(2)20(14-16)23(28(4,25)26)15-21(24)22-13-5-6-18-9-11-19(27-3)12-10-18/h7-12,14H,5-6,13,15H2,1-4H3,(H,22,24). The van der Waals surface area contributed by atoms with Crippen LogP contribution in [0.3, 0.4) is 0 Å². The summed E-state index contributed by atoms with van der Waals surface area (Å²) in [6.45, 7) is 3.98. The highest BCUT2D eigenvalue weighted by atomic mass is 32.2. The van der Waals surface area contributed by atoms with Gasteiger partial charge in [-0.25, -0.2) is 8.42 Å². The quantitative estimate of drug-likeness (QED) is 0.652. The molecule has 0 unspecified atom stereocenters. The summed E-state index contributed by atoms with van der Waals surface area (Å²) in [4.78, 5) is 12.3. The number of benzene rings is 2. The summed E-state index contributed by atoms with van der Waals surface area (Å²) in [5.74, 6) is 0.491. The number of carbonyl (C=O) groups excluding carboxylic acids is 1. The van der Waals surface area contributed by atoms with Gasteiger partial charge in [-0.05, 0) is 61.6 Å². The molecule has 152 valence electrons. The number of nitrogens with one attached hydrogen (secondary N) is 1. The van der Waals surface area contributed by atoms with Crippen LogP contribution in [0.4, 0.5) is 5.69 Å². The van der Waals surface area contributed by atoms with Crippen LogP contribution in [0.2, 0.25) is 0 Å². The van der Waals surface area contributed by atoms with Crippen LogP contribution in [-0.4, -0.2) is 40.8 Å². The second-order valence-electron chi connectivity index (χ2n) is 6.86. The highest BCUT2D eigenvalue weighted by Crippen LogP contribution is 2.23. The Balaban J connectivity index is 1.92. The Morgan fingerprint density at radius 1 is 1.11 bits per heavy atom. The predicted octanol–water partition coefficient (Wildman–Crippen LogP) is 2.83. The Hall–Kier alpha value is -2.54. The minimum atomic E-state index is -3.57. The average molecular weight is 405 g/mol. The van der Waals surface area contributed by atoms with Crippen molar-refractivity contribution in [3.8, 4) is 5.75 Å². The molecule has 1 N–H and O–H groups in total. The number of anilines is 1. The molecule has 0 aliphatic rings. The first-order chi connectivity index (χ1) is 13.2. The first-order valence-corrected chi connectivity index (χ1v) is 11.0. The number of hydrogen-bond donors (Lipinski definition) is 1. The number of rotatable bonds is 9. The Morgan fingerprint density at radius 3 is 2.39 bits per heavy atom. The van der Waals surface area contributed by atoms with Gasteiger partial charge < -0.3 is 10.1 Å². The van der Waals surface area contributed by atoms with Crippen LogP contribution >= 0.6 is 0 Å². The molecule has 6 nitrogen and oxygen atoms in total. The summed E-state index contributed by atoms with van der Waals surface area (Å²) < 4.78 is 30.8. The van der Waals surface area contributed by atoms with Gasteiger partial charge >= 0.3 is 0 Å². The zero-order valence-corrected chi connectivity index (χ0v) is 17.7. The van der Waals surface area contributed by atoms with Crippen LogP contribution in [-0.2, 0) is 21.2 Å². The molecule has 7 heteroatoms. The molecule has 0 bridgehead atoms. The molecule has 0 aliphatic carbocycles. The van der Waals surface area contributed by atoms with Crippen molar-refractivity contribution >= 4 is 21.6 Å². The van der Waals surface area contributed by atoms with Gasteiger partial charge in [0.2, 0.25) is 15.9 Å². The van der Waals surface area contributed by atoms with Crippen LogP contribution in [0.25, 0.3) is 0 Å². The van der Waals surface area contributed by atoms with Crippen LogP contribution < -0.4 is 14.4 Å². The maximum atomic E-state index is 12.3. The highest BCUT2D eigenvalue weighted by molar-refractivity contribution is 7.92. The fourth-order valence-corrected chi connectivity index (χ4v) is 3.77. The van der Waals surface area contributed by atoms with Gasteiger partial charge in [-0.15, -0.1) is 0 Å². The molecule has 2 aromatic rings. The summed E-state index contributed by atoms with van der Waals surface area (Å²) in [5.41, 5.74) is 3.44. The number of aryl methyl sites for hydroxylation is 3. The Morgan fingerprint density at radius 2 is 1.79 bits per heavy atom. The second kappa shape index (κ2) is 9.59. The molecule has 28 heavy (non-hydrogen) atoms. The molecule has 0 saturated heterocycles. The van der Waals surface area contributed by atoms with Gasteiger partial charge in [-0.2, -0.15) is 0 Å². The van der Waals surface area contributed by atoms with Gasteiger partial charge in [0.05, 0.1) is 19.1 Å². The zero-order chi connectivity index (χ0) is 20.7. The summed E-state index contributed by atoms with van der Waals surface area (Å²) in [7, 11) is -1.94. The molecule has 0 aromatic heterocycles. The SMILES string of the molecule is COc1ccc(CCCNC(=O)CN(c2cc(C)ccc2C)S(C)(=O)=O)cc1. The van der Waals surface area contributed by atoms with E-state index in [4.69, 9.17) is 4.74 Å². The van der Waals surface area contributed by atoms with Crippen molar-refractivity contribution in [2.75, 3.05) is 30.8 Å². The molecule has 2 rings (SSSR count). The van der Waals surface area contributed by atoms with Crippen LogP contribution in [0.1, 0.15) is 23.1 Å². The van der Waals surface area contributed by atoms with Crippen molar-refractivity contribution in [1.29, 1.82) is 0 Å². The van der Waals surface area contributed by atoms with Crippen molar-refractivity contribution < 1.29 is 17.9 Å². The lowest BCUT2D eigenvalue weighted by atomic mass is 10.1. The topological polar surface area (TPSA) is 75.7 Å². The minimum absolute atomic E-state index is 0.230. The van der Waals surface area contributed by atoms with Crippen molar-refractivity contribution in [3.63, 3.8) is 0 Å². The summed E-state index contributed by atoms with van der Waals surface area (Å²) in [6, 6.07) is 13.4. The van der Waals surface area contributed by atoms with E-state index in [2.05, 4.69) is 5.32 Å². The van der Waals surface area contributed by atoms with Crippen LogP contribution in [0.5, 0.6) is 5.75 Å². The maximum Gasteiger partial charge on any atom is 0.240 e. The number of amides is 1. The maximum absolute atomic E-state index is 12.3. The molecule has 0 fully saturated rings. The molecule has 0 heterocycles. The number of sulfonamides is 1. The van der Waals surface area contributed by atoms with E-state index in [1.54, 1.807) is 13.2 Å². The lowest BCUT2D eigenvalue weighted by Crippen LogP contribution is -2.41. The third-order valence-corrected chi connectivity index (χ3v) is 5.57. The molecule has 0 saturated carbocycles. The van der Waals surface area contributed by atoms with Gasteiger partial charge in [0.1, 0.15) is 12.3 Å². The predicted molar refractivity (Wildman–Crippen MR) is 112 cm³/mol. The smallest absolute Gasteiger partial charge is 0.240 e. The lowest BCUT2D eigenvalue weighted by Gasteiger charge is -2.24. The largest absolute Gasteiger partial charge is 0.497 e. The molecular weight excluding hydrogens is 376 g/mol.